The third-order valence-corrected chi connectivity index (χ3v) is 3.57. The second kappa shape index (κ2) is 4.89. The average molecular weight is 283 g/mol. The van der Waals surface area contributed by atoms with Crippen molar-refractivity contribution in [3.8, 4) is 0 Å². The first-order valence-electron chi connectivity index (χ1n) is 6.37. The van der Waals surface area contributed by atoms with Crippen LogP contribution in [0.3, 0.4) is 0 Å². The fourth-order valence-electron chi connectivity index (χ4n) is 2.07. The van der Waals surface area contributed by atoms with Gasteiger partial charge < -0.3 is 9.47 Å². The van der Waals surface area contributed by atoms with Crippen LogP contribution >= 0.6 is 11.6 Å². The largest absolute Gasteiger partial charge is 0.344 e. The normalized spacial score (nSPS) is 18.6. The van der Waals surface area contributed by atoms with E-state index in [9.17, 15) is 4.79 Å². The van der Waals surface area contributed by atoms with E-state index in [4.69, 9.17) is 21.1 Å². The maximum atomic E-state index is 12.3. The summed E-state index contributed by atoms with van der Waals surface area (Å²) in [6, 6.07) is 5.35. The van der Waals surface area contributed by atoms with Gasteiger partial charge in [0.1, 0.15) is 0 Å². The standard InChI is InChI=1S/C15H19ClO3/c1-14(2,3)13(17)11-6-5-10(9-12(11)16)15(4)18-7-8-19-15/h5-6,9H,7-8H2,1-4H3. The molecule has 2 rings (SSSR count). The molecule has 1 aromatic carbocycles. The van der Waals surface area contributed by atoms with E-state index >= 15 is 0 Å². The van der Waals surface area contributed by atoms with Gasteiger partial charge in [0.2, 0.25) is 0 Å². The molecule has 0 spiro atoms. The smallest absolute Gasteiger partial charge is 0.192 e. The summed E-state index contributed by atoms with van der Waals surface area (Å²) in [4.78, 5) is 12.3. The molecule has 0 aliphatic carbocycles. The van der Waals surface area contributed by atoms with Crippen molar-refractivity contribution < 1.29 is 14.3 Å². The van der Waals surface area contributed by atoms with Gasteiger partial charge in [-0.05, 0) is 19.1 Å². The average Bonchev–Trinajstić information content (AvgIpc) is 2.75. The van der Waals surface area contributed by atoms with Crippen LogP contribution in [0.2, 0.25) is 5.02 Å². The summed E-state index contributed by atoms with van der Waals surface area (Å²) >= 11 is 6.24. The highest BCUT2D eigenvalue weighted by Gasteiger charge is 2.34. The lowest BCUT2D eigenvalue weighted by Gasteiger charge is -2.24. The number of ketones is 1. The molecule has 1 aliphatic rings. The second-order valence-corrected chi connectivity index (χ2v) is 6.32. The molecule has 104 valence electrons. The molecule has 0 saturated carbocycles. The molecule has 3 nitrogen and oxygen atoms in total. The molecule has 0 amide bonds. The molecule has 4 heteroatoms. The molecule has 0 aromatic heterocycles. The minimum Gasteiger partial charge on any atom is -0.344 e. The molecule has 0 atom stereocenters. The molecule has 1 heterocycles. The maximum Gasteiger partial charge on any atom is 0.192 e. The van der Waals surface area contributed by atoms with Crippen LogP contribution in [0.5, 0.6) is 0 Å². The van der Waals surface area contributed by atoms with Gasteiger partial charge in [-0.25, -0.2) is 0 Å². The SMILES string of the molecule is CC(C)(C)C(=O)c1ccc(C2(C)OCCO2)cc1Cl. The Morgan fingerprint density at radius 1 is 1.26 bits per heavy atom. The van der Waals surface area contributed by atoms with E-state index in [0.29, 0.717) is 23.8 Å². The first-order chi connectivity index (χ1) is 8.74. The Balaban J connectivity index is 2.35. The number of rotatable bonds is 2. The minimum atomic E-state index is -0.757. The summed E-state index contributed by atoms with van der Waals surface area (Å²) < 4.78 is 11.2. The highest BCUT2D eigenvalue weighted by Crippen LogP contribution is 2.34. The first kappa shape index (κ1) is 14.5. The van der Waals surface area contributed by atoms with E-state index < -0.39 is 11.2 Å². The van der Waals surface area contributed by atoms with Gasteiger partial charge in [-0.3, -0.25) is 4.79 Å². The Hall–Kier alpha value is -0.900. The lowest BCUT2D eigenvalue weighted by Crippen LogP contribution is -2.24. The third-order valence-electron chi connectivity index (χ3n) is 3.26. The minimum absolute atomic E-state index is 0.0301. The van der Waals surface area contributed by atoms with Gasteiger partial charge in [-0.1, -0.05) is 38.4 Å². The summed E-state index contributed by atoms with van der Waals surface area (Å²) in [6.45, 7) is 8.63. The Kier molecular flexibility index (Phi) is 3.74. The van der Waals surface area contributed by atoms with Crippen LogP contribution < -0.4 is 0 Å². The van der Waals surface area contributed by atoms with E-state index in [1.54, 1.807) is 12.1 Å². The van der Waals surface area contributed by atoms with Gasteiger partial charge in [-0.15, -0.1) is 0 Å². The van der Waals surface area contributed by atoms with Gasteiger partial charge in [0, 0.05) is 16.5 Å². The van der Waals surface area contributed by atoms with Crippen LogP contribution in [0.25, 0.3) is 0 Å². The summed E-state index contributed by atoms with van der Waals surface area (Å²) in [7, 11) is 0. The van der Waals surface area contributed by atoms with Crippen LogP contribution in [0.4, 0.5) is 0 Å². The zero-order chi connectivity index (χ0) is 14.3. The number of carbonyl (C=O) groups is 1. The summed E-state index contributed by atoms with van der Waals surface area (Å²) in [5.41, 5.74) is 0.926. The van der Waals surface area contributed by atoms with Gasteiger partial charge in [0.25, 0.3) is 0 Å². The number of ether oxygens (including phenoxy) is 2. The molecular weight excluding hydrogens is 264 g/mol. The second-order valence-electron chi connectivity index (χ2n) is 5.92. The van der Waals surface area contributed by atoms with Crippen LogP contribution in [-0.4, -0.2) is 19.0 Å². The van der Waals surface area contributed by atoms with Crippen LogP contribution in [0.1, 0.15) is 43.6 Å². The fourth-order valence-corrected chi connectivity index (χ4v) is 2.33. The van der Waals surface area contributed by atoms with Crippen molar-refractivity contribution in [2.45, 2.75) is 33.5 Å². The van der Waals surface area contributed by atoms with Crippen molar-refractivity contribution >= 4 is 17.4 Å². The Morgan fingerprint density at radius 2 is 1.84 bits per heavy atom. The van der Waals surface area contributed by atoms with E-state index in [1.807, 2.05) is 33.8 Å². The van der Waals surface area contributed by atoms with Gasteiger partial charge in [0.05, 0.1) is 18.2 Å². The Bertz CT molecular complexity index is 497. The highest BCUT2D eigenvalue weighted by atomic mass is 35.5. The van der Waals surface area contributed by atoms with Crippen molar-refractivity contribution in [2.75, 3.05) is 13.2 Å². The molecule has 1 aliphatic heterocycles. The molecular formula is C15H19ClO3. The lowest BCUT2D eigenvalue weighted by atomic mass is 9.86. The van der Waals surface area contributed by atoms with Crippen molar-refractivity contribution in [2.24, 2.45) is 5.41 Å². The lowest BCUT2D eigenvalue weighted by molar-refractivity contribution is -0.149. The predicted molar refractivity (Wildman–Crippen MR) is 74.5 cm³/mol. The van der Waals surface area contributed by atoms with Crippen LogP contribution in [0.15, 0.2) is 18.2 Å². The molecule has 1 saturated heterocycles. The van der Waals surface area contributed by atoms with E-state index in [2.05, 4.69) is 0 Å². The summed E-state index contributed by atoms with van der Waals surface area (Å²) in [5.74, 6) is -0.727. The van der Waals surface area contributed by atoms with E-state index in [0.717, 1.165) is 5.56 Å². The number of carbonyl (C=O) groups excluding carboxylic acids is 1. The van der Waals surface area contributed by atoms with E-state index in [1.165, 1.54) is 0 Å². The Morgan fingerprint density at radius 3 is 2.32 bits per heavy atom. The predicted octanol–water partition coefficient (Wildman–Crippen LogP) is 3.79. The molecule has 1 aromatic rings. The monoisotopic (exact) mass is 282 g/mol. The van der Waals surface area contributed by atoms with Crippen molar-refractivity contribution in [1.82, 2.24) is 0 Å². The van der Waals surface area contributed by atoms with Gasteiger partial charge in [-0.2, -0.15) is 0 Å². The zero-order valence-corrected chi connectivity index (χ0v) is 12.5. The molecule has 0 bridgehead atoms. The van der Waals surface area contributed by atoms with Crippen molar-refractivity contribution in [3.63, 3.8) is 0 Å². The number of hydrogen-bond acceptors (Lipinski definition) is 3. The zero-order valence-electron chi connectivity index (χ0n) is 11.7. The van der Waals surface area contributed by atoms with Gasteiger partial charge >= 0.3 is 0 Å². The van der Waals surface area contributed by atoms with Crippen molar-refractivity contribution in [3.05, 3.63) is 34.3 Å². The third kappa shape index (κ3) is 2.83. The molecule has 0 N–H and O–H groups in total. The summed E-state index contributed by atoms with van der Waals surface area (Å²) in [6.07, 6.45) is 0. The summed E-state index contributed by atoms with van der Waals surface area (Å²) in [5, 5.41) is 0.442. The first-order valence-corrected chi connectivity index (χ1v) is 6.74. The molecule has 0 radical (unpaired) electrons. The quantitative estimate of drug-likeness (QED) is 0.774. The topological polar surface area (TPSA) is 35.5 Å². The maximum absolute atomic E-state index is 12.3. The number of hydrogen-bond donors (Lipinski definition) is 0. The molecule has 0 unspecified atom stereocenters. The van der Waals surface area contributed by atoms with Crippen LogP contribution in [0, 0.1) is 5.41 Å². The van der Waals surface area contributed by atoms with Gasteiger partial charge in [0.15, 0.2) is 11.6 Å². The van der Waals surface area contributed by atoms with Crippen molar-refractivity contribution in [1.29, 1.82) is 0 Å². The fraction of sp³-hybridized carbons (Fsp3) is 0.533. The van der Waals surface area contributed by atoms with E-state index in [-0.39, 0.29) is 5.78 Å². The molecule has 19 heavy (non-hydrogen) atoms. The molecule has 1 fully saturated rings. The number of benzene rings is 1. The van der Waals surface area contributed by atoms with Crippen LogP contribution in [-0.2, 0) is 15.3 Å². The highest BCUT2D eigenvalue weighted by molar-refractivity contribution is 6.34. The Labute approximate surface area is 118 Å². The number of Topliss-reactive ketones (excluding diaryl/α,β-unsaturated/α-hetero) is 1. The number of halogens is 1.